The van der Waals surface area contributed by atoms with E-state index in [-0.39, 0.29) is 12.3 Å². The summed E-state index contributed by atoms with van der Waals surface area (Å²) in [5, 5.41) is 2.79. The van der Waals surface area contributed by atoms with E-state index in [2.05, 4.69) is 5.32 Å². The van der Waals surface area contributed by atoms with E-state index in [4.69, 9.17) is 14.2 Å². The maximum Gasteiger partial charge on any atom is 0.328 e. The Morgan fingerprint density at radius 3 is 1.78 bits per heavy atom. The molecule has 6 heteroatoms. The van der Waals surface area contributed by atoms with E-state index in [1.54, 1.807) is 24.3 Å². The highest BCUT2D eigenvalue weighted by molar-refractivity contribution is 5.96. The Morgan fingerprint density at radius 1 is 0.676 bits per heavy atom. The molecular weight excluding hydrogens is 466 g/mol. The van der Waals surface area contributed by atoms with Crippen molar-refractivity contribution in [3.05, 3.63) is 131 Å². The first-order chi connectivity index (χ1) is 18.1. The zero-order valence-corrected chi connectivity index (χ0v) is 20.6. The Bertz CT molecular complexity index is 1290. The number of carbonyl (C=O) groups is 2. The maximum atomic E-state index is 12.7. The fraction of sp³-hybridized carbons (Fsp3) is 0.161. The normalized spacial score (nSPS) is 11.3. The van der Waals surface area contributed by atoms with Gasteiger partial charge >= 0.3 is 5.97 Å². The fourth-order valence-corrected chi connectivity index (χ4v) is 3.78. The zero-order valence-electron chi connectivity index (χ0n) is 20.6. The maximum absolute atomic E-state index is 12.7. The van der Waals surface area contributed by atoms with Crippen LogP contribution < -0.4 is 14.8 Å². The molecule has 4 aromatic carbocycles. The summed E-state index contributed by atoms with van der Waals surface area (Å²) in [4.78, 5) is 25.2. The van der Waals surface area contributed by atoms with E-state index < -0.39 is 12.0 Å². The Morgan fingerprint density at radius 2 is 1.22 bits per heavy atom. The third-order valence-electron chi connectivity index (χ3n) is 5.75. The van der Waals surface area contributed by atoms with Crippen LogP contribution in [0.4, 0.5) is 0 Å². The molecular formula is C31H29NO5. The van der Waals surface area contributed by atoms with Gasteiger partial charge in [0.25, 0.3) is 5.91 Å². The van der Waals surface area contributed by atoms with Gasteiger partial charge in [-0.1, -0.05) is 84.9 Å². The minimum absolute atomic E-state index is 0.228. The predicted octanol–water partition coefficient (Wildman–Crippen LogP) is 5.36. The van der Waals surface area contributed by atoms with E-state index in [0.717, 1.165) is 16.7 Å². The Labute approximate surface area is 216 Å². The monoisotopic (exact) mass is 495 g/mol. The summed E-state index contributed by atoms with van der Waals surface area (Å²) in [5.74, 6) is 0.265. The van der Waals surface area contributed by atoms with Crippen molar-refractivity contribution in [2.45, 2.75) is 25.7 Å². The molecule has 1 atom stereocenters. The van der Waals surface area contributed by atoms with Gasteiger partial charge in [0, 0.05) is 12.0 Å². The van der Waals surface area contributed by atoms with Crippen molar-refractivity contribution in [3.8, 4) is 11.5 Å². The van der Waals surface area contributed by atoms with Gasteiger partial charge in [-0.25, -0.2) is 4.79 Å². The first-order valence-corrected chi connectivity index (χ1v) is 12.0. The highest BCUT2D eigenvalue weighted by atomic mass is 16.5. The lowest BCUT2D eigenvalue weighted by molar-refractivity contribution is -0.142. The average Bonchev–Trinajstić information content (AvgIpc) is 2.96. The molecule has 1 amide bonds. The Hall–Kier alpha value is -4.58. The van der Waals surface area contributed by atoms with Crippen LogP contribution in [0.5, 0.6) is 11.5 Å². The summed E-state index contributed by atoms with van der Waals surface area (Å²) in [6, 6.07) is 33.1. The standard InChI is InChI=1S/C31H29NO5/c1-35-31(34)27(32-30(33)26-15-9-4-10-16-26)19-25-17-18-28(36-21-23-11-5-2-6-12-23)29(20-25)37-22-24-13-7-3-8-14-24/h2-18,20,27H,19,21-22H2,1H3,(H,32,33). The molecule has 0 radical (unpaired) electrons. The number of ether oxygens (including phenoxy) is 3. The molecule has 0 aliphatic carbocycles. The smallest absolute Gasteiger partial charge is 0.328 e. The van der Waals surface area contributed by atoms with Gasteiger partial charge in [0.2, 0.25) is 0 Å². The number of nitrogens with one attached hydrogen (secondary N) is 1. The summed E-state index contributed by atoms with van der Waals surface area (Å²) < 4.78 is 17.2. The van der Waals surface area contributed by atoms with Crippen LogP contribution in [0.2, 0.25) is 0 Å². The quantitative estimate of drug-likeness (QED) is 0.284. The molecule has 188 valence electrons. The molecule has 37 heavy (non-hydrogen) atoms. The molecule has 0 aliphatic heterocycles. The van der Waals surface area contributed by atoms with E-state index in [1.807, 2.05) is 84.9 Å². The minimum Gasteiger partial charge on any atom is -0.485 e. The Kier molecular flexibility index (Phi) is 8.92. The highest BCUT2D eigenvalue weighted by Gasteiger charge is 2.23. The van der Waals surface area contributed by atoms with Crippen LogP contribution in [0.25, 0.3) is 0 Å². The van der Waals surface area contributed by atoms with E-state index in [1.165, 1.54) is 7.11 Å². The molecule has 0 fully saturated rings. The highest BCUT2D eigenvalue weighted by Crippen LogP contribution is 2.30. The molecule has 0 aromatic heterocycles. The molecule has 1 N–H and O–H groups in total. The topological polar surface area (TPSA) is 73.9 Å². The third kappa shape index (κ3) is 7.45. The number of amides is 1. The van der Waals surface area contributed by atoms with Gasteiger partial charge in [-0.3, -0.25) is 4.79 Å². The second-order valence-corrected chi connectivity index (χ2v) is 8.45. The summed E-state index contributed by atoms with van der Waals surface area (Å²) in [5.41, 5.74) is 3.31. The number of carbonyl (C=O) groups excluding carboxylic acids is 2. The molecule has 4 rings (SSSR count). The van der Waals surface area contributed by atoms with Crippen molar-refractivity contribution in [3.63, 3.8) is 0 Å². The molecule has 0 bridgehead atoms. The van der Waals surface area contributed by atoms with Gasteiger partial charge in [-0.15, -0.1) is 0 Å². The molecule has 0 saturated heterocycles. The Balaban J connectivity index is 1.53. The fourth-order valence-electron chi connectivity index (χ4n) is 3.78. The molecule has 4 aromatic rings. The van der Waals surface area contributed by atoms with Crippen molar-refractivity contribution >= 4 is 11.9 Å². The summed E-state index contributed by atoms with van der Waals surface area (Å²) in [7, 11) is 1.30. The van der Waals surface area contributed by atoms with Gasteiger partial charge in [0.05, 0.1) is 7.11 Å². The van der Waals surface area contributed by atoms with Gasteiger partial charge in [0.15, 0.2) is 11.5 Å². The van der Waals surface area contributed by atoms with Crippen LogP contribution in [0.1, 0.15) is 27.0 Å². The molecule has 0 spiro atoms. The van der Waals surface area contributed by atoms with Crippen LogP contribution >= 0.6 is 0 Å². The number of benzene rings is 4. The van der Waals surface area contributed by atoms with Crippen LogP contribution in [0.15, 0.2) is 109 Å². The second kappa shape index (κ2) is 12.9. The largest absolute Gasteiger partial charge is 0.485 e. The molecule has 0 heterocycles. The second-order valence-electron chi connectivity index (χ2n) is 8.45. The lowest BCUT2D eigenvalue weighted by Gasteiger charge is -2.18. The average molecular weight is 496 g/mol. The molecule has 1 unspecified atom stereocenters. The zero-order chi connectivity index (χ0) is 25.9. The summed E-state index contributed by atoms with van der Waals surface area (Å²) in [6.07, 6.45) is 0.228. The van der Waals surface area contributed by atoms with Crippen LogP contribution in [0.3, 0.4) is 0 Å². The van der Waals surface area contributed by atoms with Crippen LogP contribution in [-0.2, 0) is 29.2 Å². The van der Waals surface area contributed by atoms with E-state index >= 15 is 0 Å². The summed E-state index contributed by atoms with van der Waals surface area (Å²) >= 11 is 0. The van der Waals surface area contributed by atoms with Gasteiger partial charge in [0.1, 0.15) is 19.3 Å². The van der Waals surface area contributed by atoms with Crippen molar-refractivity contribution in [1.29, 1.82) is 0 Å². The van der Waals surface area contributed by atoms with E-state index in [0.29, 0.717) is 30.3 Å². The summed E-state index contributed by atoms with van der Waals surface area (Å²) in [6.45, 7) is 0.747. The van der Waals surface area contributed by atoms with Gasteiger partial charge in [-0.2, -0.15) is 0 Å². The molecule has 6 nitrogen and oxygen atoms in total. The van der Waals surface area contributed by atoms with Crippen molar-refractivity contribution in [1.82, 2.24) is 5.32 Å². The first-order valence-electron chi connectivity index (χ1n) is 12.0. The minimum atomic E-state index is -0.865. The van der Waals surface area contributed by atoms with Gasteiger partial charge in [-0.05, 0) is 41.0 Å². The number of methoxy groups -OCH3 is 1. The lowest BCUT2D eigenvalue weighted by Crippen LogP contribution is -2.43. The SMILES string of the molecule is COC(=O)C(Cc1ccc(OCc2ccccc2)c(OCc2ccccc2)c1)NC(=O)c1ccccc1. The van der Waals surface area contributed by atoms with E-state index in [9.17, 15) is 9.59 Å². The van der Waals surface area contributed by atoms with Crippen LogP contribution in [0, 0.1) is 0 Å². The predicted molar refractivity (Wildman–Crippen MR) is 141 cm³/mol. The van der Waals surface area contributed by atoms with Crippen LogP contribution in [-0.4, -0.2) is 25.0 Å². The molecule has 0 aliphatic rings. The van der Waals surface area contributed by atoms with Crippen molar-refractivity contribution in [2.24, 2.45) is 0 Å². The van der Waals surface area contributed by atoms with Crippen molar-refractivity contribution < 1.29 is 23.8 Å². The van der Waals surface area contributed by atoms with Crippen molar-refractivity contribution in [2.75, 3.05) is 7.11 Å². The number of hydrogen-bond donors (Lipinski definition) is 1. The lowest BCUT2D eigenvalue weighted by atomic mass is 10.0. The molecule has 0 saturated carbocycles. The number of rotatable bonds is 11. The third-order valence-corrected chi connectivity index (χ3v) is 5.75. The number of hydrogen-bond acceptors (Lipinski definition) is 5. The number of esters is 1. The van der Waals surface area contributed by atoms with Gasteiger partial charge < -0.3 is 19.5 Å². The first kappa shape index (κ1) is 25.5.